The maximum absolute atomic E-state index is 12.7. The van der Waals surface area contributed by atoms with E-state index in [0.29, 0.717) is 10.3 Å². The standard InChI is InChI=1S/C12H9ClFOP/c13-9-1-5-11(6-2-9)16(15)12-7-3-10(14)4-8-12/h1-8,16H. The van der Waals surface area contributed by atoms with Crippen molar-refractivity contribution in [3.05, 3.63) is 59.4 Å². The lowest BCUT2D eigenvalue weighted by Crippen LogP contribution is -2.05. The van der Waals surface area contributed by atoms with E-state index in [1.165, 1.54) is 12.1 Å². The Labute approximate surface area is 98.7 Å². The van der Waals surface area contributed by atoms with Gasteiger partial charge in [0.15, 0.2) is 0 Å². The van der Waals surface area contributed by atoms with Gasteiger partial charge in [0, 0.05) is 15.6 Å². The van der Waals surface area contributed by atoms with Gasteiger partial charge >= 0.3 is 0 Å². The van der Waals surface area contributed by atoms with Crippen LogP contribution in [0.25, 0.3) is 0 Å². The maximum atomic E-state index is 12.7. The Balaban J connectivity index is 2.32. The summed E-state index contributed by atoms with van der Waals surface area (Å²) < 4.78 is 24.8. The zero-order valence-corrected chi connectivity index (χ0v) is 10.0. The minimum absolute atomic E-state index is 0.324. The zero-order valence-electron chi connectivity index (χ0n) is 8.28. The third-order valence-corrected chi connectivity index (χ3v) is 4.18. The lowest BCUT2D eigenvalue weighted by atomic mass is 10.3. The van der Waals surface area contributed by atoms with Crippen LogP contribution in [0.3, 0.4) is 0 Å². The molecule has 2 aromatic rings. The second-order valence-electron chi connectivity index (χ2n) is 3.34. The Bertz CT molecular complexity index is 460. The first-order valence-electron chi connectivity index (χ1n) is 4.72. The number of hydrogen-bond acceptors (Lipinski definition) is 1. The van der Waals surface area contributed by atoms with Gasteiger partial charge in [0.2, 0.25) is 0 Å². The van der Waals surface area contributed by atoms with Crippen LogP contribution in [0.5, 0.6) is 0 Å². The van der Waals surface area contributed by atoms with E-state index in [4.69, 9.17) is 11.6 Å². The maximum Gasteiger partial charge on any atom is 0.131 e. The van der Waals surface area contributed by atoms with Crippen LogP contribution in [-0.2, 0) is 4.57 Å². The minimum Gasteiger partial charge on any atom is -0.317 e. The summed E-state index contributed by atoms with van der Waals surface area (Å²) in [6.45, 7) is 0. The highest BCUT2D eigenvalue weighted by atomic mass is 35.5. The van der Waals surface area contributed by atoms with Crippen molar-refractivity contribution in [1.29, 1.82) is 0 Å². The van der Waals surface area contributed by atoms with Crippen molar-refractivity contribution in [3.63, 3.8) is 0 Å². The van der Waals surface area contributed by atoms with Gasteiger partial charge in [-0.3, -0.25) is 0 Å². The van der Waals surface area contributed by atoms with E-state index in [-0.39, 0.29) is 5.82 Å². The number of hydrogen-bond donors (Lipinski definition) is 0. The highest BCUT2D eigenvalue weighted by Crippen LogP contribution is 2.20. The summed E-state index contributed by atoms with van der Waals surface area (Å²) >= 11 is 5.74. The first kappa shape index (κ1) is 11.4. The molecule has 82 valence electrons. The first-order chi connectivity index (χ1) is 7.66. The van der Waals surface area contributed by atoms with Gasteiger partial charge in [0.25, 0.3) is 0 Å². The second kappa shape index (κ2) is 4.82. The lowest BCUT2D eigenvalue weighted by Gasteiger charge is -2.02. The smallest absolute Gasteiger partial charge is 0.131 e. The van der Waals surface area contributed by atoms with Crippen molar-refractivity contribution in [2.75, 3.05) is 0 Å². The average molecular weight is 255 g/mol. The van der Waals surface area contributed by atoms with Crippen LogP contribution in [0.4, 0.5) is 4.39 Å². The topological polar surface area (TPSA) is 17.1 Å². The van der Waals surface area contributed by atoms with E-state index in [1.54, 1.807) is 36.4 Å². The van der Waals surface area contributed by atoms with Gasteiger partial charge in [-0.15, -0.1) is 0 Å². The second-order valence-corrected chi connectivity index (χ2v) is 5.59. The van der Waals surface area contributed by atoms with E-state index in [0.717, 1.165) is 5.30 Å². The van der Waals surface area contributed by atoms with Crippen LogP contribution >= 0.6 is 19.4 Å². The Morgan fingerprint density at radius 3 is 1.81 bits per heavy atom. The lowest BCUT2D eigenvalue weighted by molar-refractivity contribution is 0.598. The number of halogens is 2. The van der Waals surface area contributed by atoms with Gasteiger partial charge in [0.05, 0.1) is 0 Å². The predicted octanol–water partition coefficient (Wildman–Crippen LogP) is 2.99. The molecule has 0 saturated heterocycles. The minimum atomic E-state index is -2.05. The summed E-state index contributed by atoms with van der Waals surface area (Å²) in [5.41, 5.74) is 0. The molecule has 1 unspecified atom stereocenters. The third kappa shape index (κ3) is 2.52. The molecule has 2 aromatic carbocycles. The molecule has 0 heterocycles. The normalized spacial score (nSPS) is 12.4. The molecule has 0 saturated carbocycles. The van der Waals surface area contributed by atoms with Crippen LogP contribution in [-0.4, -0.2) is 0 Å². The van der Waals surface area contributed by atoms with E-state index in [2.05, 4.69) is 0 Å². The number of benzene rings is 2. The van der Waals surface area contributed by atoms with Crippen molar-refractivity contribution in [2.24, 2.45) is 0 Å². The molecule has 0 N–H and O–H groups in total. The largest absolute Gasteiger partial charge is 0.317 e. The van der Waals surface area contributed by atoms with E-state index < -0.39 is 7.80 Å². The highest BCUT2D eigenvalue weighted by molar-refractivity contribution is 7.61. The third-order valence-electron chi connectivity index (χ3n) is 2.21. The summed E-state index contributed by atoms with van der Waals surface area (Å²) in [4.78, 5) is 0. The number of rotatable bonds is 2. The van der Waals surface area contributed by atoms with Gasteiger partial charge < -0.3 is 4.57 Å². The zero-order chi connectivity index (χ0) is 11.5. The van der Waals surface area contributed by atoms with Crippen molar-refractivity contribution in [1.82, 2.24) is 0 Å². The van der Waals surface area contributed by atoms with Gasteiger partial charge in [-0.25, -0.2) is 4.39 Å². The van der Waals surface area contributed by atoms with Crippen LogP contribution in [0.15, 0.2) is 48.5 Å². The summed E-state index contributed by atoms with van der Waals surface area (Å²) in [6.07, 6.45) is 0. The van der Waals surface area contributed by atoms with Crippen molar-refractivity contribution >= 4 is 30.0 Å². The summed E-state index contributed by atoms with van der Waals surface area (Å²) in [5.74, 6) is -0.324. The highest BCUT2D eigenvalue weighted by Gasteiger charge is 2.06. The molecule has 0 radical (unpaired) electrons. The molecule has 2 rings (SSSR count). The molecule has 1 nitrogen and oxygen atoms in total. The van der Waals surface area contributed by atoms with E-state index >= 15 is 0 Å². The quantitative estimate of drug-likeness (QED) is 0.753. The molecule has 1 atom stereocenters. The molecular weight excluding hydrogens is 246 g/mol. The fourth-order valence-electron chi connectivity index (χ4n) is 1.37. The molecule has 0 aliphatic heterocycles. The van der Waals surface area contributed by atoms with Crippen molar-refractivity contribution < 1.29 is 8.96 Å². The molecule has 0 aliphatic carbocycles. The fourth-order valence-corrected chi connectivity index (χ4v) is 2.77. The molecule has 0 aliphatic rings. The Morgan fingerprint density at radius 1 is 0.875 bits per heavy atom. The molecular formula is C12H9ClFOP. The van der Waals surface area contributed by atoms with Crippen LogP contribution in [0.2, 0.25) is 5.02 Å². The van der Waals surface area contributed by atoms with Crippen LogP contribution < -0.4 is 10.6 Å². The predicted molar refractivity (Wildman–Crippen MR) is 66.1 cm³/mol. The van der Waals surface area contributed by atoms with Gasteiger partial charge in [-0.1, -0.05) is 11.6 Å². The van der Waals surface area contributed by atoms with Crippen LogP contribution in [0, 0.1) is 5.82 Å². The Morgan fingerprint density at radius 2 is 1.31 bits per heavy atom. The molecule has 0 bridgehead atoms. The van der Waals surface area contributed by atoms with Crippen LogP contribution in [0.1, 0.15) is 0 Å². The Kier molecular flexibility index (Phi) is 3.42. The van der Waals surface area contributed by atoms with Crippen molar-refractivity contribution in [2.45, 2.75) is 0 Å². The van der Waals surface area contributed by atoms with Gasteiger partial charge in [0.1, 0.15) is 13.6 Å². The van der Waals surface area contributed by atoms with Crippen molar-refractivity contribution in [3.8, 4) is 0 Å². The summed E-state index contributed by atoms with van der Waals surface area (Å²) in [7, 11) is -2.05. The molecule has 0 amide bonds. The SMILES string of the molecule is O=[PH](c1ccc(F)cc1)c1ccc(Cl)cc1. The van der Waals surface area contributed by atoms with Gasteiger partial charge in [-0.2, -0.15) is 0 Å². The average Bonchev–Trinajstić information content (AvgIpc) is 2.30. The Hall–Kier alpha value is -1.11. The summed E-state index contributed by atoms with van der Waals surface area (Å²) in [6, 6.07) is 12.6. The molecule has 4 heteroatoms. The molecule has 16 heavy (non-hydrogen) atoms. The molecule has 0 spiro atoms. The van der Waals surface area contributed by atoms with E-state index in [1.807, 2.05) is 0 Å². The monoisotopic (exact) mass is 254 g/mol. The van der Waals surface area contributed by atoms with Gasteiger partial charge in [-0.05, 0) is 48.5 Å². The molecule has 0 fully saturated rings. The first-order valence-corrected chi connectivity index (χ1v) is 6.51. The summed E-state index contributed by atoms with van der Waals surface area (Å²) in [5, 5.41) is 1.98. The van der Waals surface area contributed by atoms with E-state index in [9.17, 15) is 8.96 Å². The molecule has 0 aromatic heterocycles. The fraction of sp³-hybridized carbons (Fsp3) is 0.